The number of hydrogen-bond acceptors (Lipinski definition) is 6. The van der Waals surface area contributed by atoms with Crippen LogP contribution < -0.4 is 4.74 Å². The molecule has 0 saturated carbocycles. The molecule has 1 aromatic carbocycles. The molecule has 0 unspecified atom stereocenters. The van der Waals surface area contributed by atoms with Crippen LogP contribution in [0.4, 0.5) is 5.69 Å². The van der Waals surface area contributed by atoms with E-state index in [1.54, 1.807) is 12.3 Å². The van der Waals surface area contributed by atoms with Gasteiger partial charge in [0.1, 0.15) is 5.01 Å². The molecule has 0 atom stereocenters. The van der Waals surface area contributed by atoms with Gasteiger partial charge in [0.05, 0.1) is 27.9 Å². The molecular weight excluding hydrogens is 278 g/mol. The van der Waals surface area contributed by atoms with Gasteiger partial charge in [0.25, 0.3) is 0 Å². The Balaban J connectivity index is 2.19. The molecule has 0 spiro atoms. The molecule has 2 aromatic heterocycles. The first-order valence-electron chi connectivity index (χ1n) is 5.73. The van der Waals surface area contributed by atoms with Crippen LogP contribution in [0, 0.1) is 10.1 Å². The Morgan fingerprint density at radius 3 is 2.85 bits per heavy atom. The summed E-state index contributed by atoms with van der Waals surface area (Å²) in [5, 5.41) is 11.7. The summed E-state index contributed by atoms with van der Waals surface area (Å²) in [6, 6.07) is 8.61. The molecule has 2 heterocycles. The Hall–Kier alpha value is -2.54. The lowest BCUT2D eigenvalue weighted by molar-refractivity contribution is -0.385. The van der Waals surface area contributed by atoms with Crippen molar-refractivity contribution in [1.82, 2.24) is 9.97 Å². The third-order valence-corrected chi connectivity index (χ3v) is 3.81. The molecule has 7 heteroatoms. The van der Waals surface area contributed by atoms with E-state index in [2.05, 4.69) is 9.97 Å². The summed E-state index contributed by atoms with van der Waals surface area (Å²) in [6.07, 6.45) is 1.68. The van der Waals surface area contributed by atoms with E-state index < -0.39 is 4.92 Å². The molecule has 0 bridgehead atoms. The first-order valence-corrected chi connectivity index (χ1v) is 6.55. The third-order valence-electron chi connectivity index (χ3n) is 2.77. The quantitative estimate of drug-likeness (QED) is 0.545. The lowest BCUT2D eigenvalue weighted by Crippen LogP contribution is -1.93. The highest BCUT2D eigenvalue weighted by atomic mass is 32.1. The average molecular weight is 287 g/mol. The number of methoxy groups -OCH3 is 1. The van der Waals surface area contributed by atoms with E-state index in [1.165, 1.54) is 24.5 Å². The van der Waals surface area contributed by atoms with E-state index in [-0.39, 0.29) is 11.4 Å². The Bertz CT molecular complexity index is 786. The summed E-state index contributed by atoms with van der Waals surface area (Å²) in [7, 11) is 1.41. The summed E-state index contributed by atoms with van der Waals surface area (Å²) in [5.74, 6) is 0.235. The SMILES string of the molecule is COc1cc2sc(-c3ccccn3)nc2cc1[N+](=O)[O-]. The highest BCUT2D eigenvalue weighted by molar-refractivity contribution is 7.21. The van der Waals surface area contributed by atoms with Crippen molar-refractivity contribution in [2.75, 3.05) is 7.11 Å². The van der Waals surface area contributed by atoms with Crippen molar-refractivity contribution in [3.8, 4) is 16.5 Å². The highest BCUT2D eigenvalue weighted by Gasteiger charge is 2.18. The molecule has 0 fully saturated rings. The number of rotatable bonds is 3. The minimum atomic E-state index is -0.474. The minimum absolute atomic E-state index is 0.0853. The molecule has 100 valence electrons. The van der Waals surface area contributed by atoms with Crippen molar-refractivity contribution in [3.05, 3.63) is 46.6 Å². The van der Waals surface area contributed by atoms with Crippen LogP contribution in [0.15, 0.2) is 36.5 Å². The number of aromatic nitrogens is 2. The third kappa shape index (κ3) is 2.08. The normalized spacial score (nSPS) is 10.7. The topological polar surface area (TPSA) is 78.2 Å². The number of nitrogens with zero attached hydrogens (tertiary/aromatic N) is 3. The number of nitro benzene ring substituents is 1. The van der Waals surface area contributed by atoms with Crippen molar-refractivity contribution >= 4 is 27.2 Å². The minimum Gasteiger partial charge on any atom is -0.490 e. The molecule has 0 saturated heterocycles. The number of benzene rings is 1. The lowest BCUT2D eigenvalue weighted by Gasteiger charge is -2.00. The second kappa shape index (κ2) is 4.86. The Morgan fingerprint density at radius 2 is 2.20 bits per heavy atom. The predicted molar refractivity (Wildman–Crippen MR) is 76.1 cm³/mol. The van der Waals surface area contributed by atoms with Crippen LogP contribution in [-0.2, 0) is 0 Å². The molecule has 0 N–H and O–H groups in total. The zero-order chi connectivity index (χ0) is 14.1. The number of fused-ring (bicyclic) bond motifs is 1. The van der Waals surface area contributed by atoms with Crippen LogP contribution in [-0.4, -0.2) is 22.0 Å². The Kier molecular flexibility index (Phi) is 3.03. The smallest absolute Gasteiger partial charge is 0.313 e. The first-order chi connectivity index (χ1) is 9.69. The van der Waals surface area contributed by atoms with E-state index in [0.717, 1.165) is 15.4 Å². The summed E-state index contributed by atoms with van der Waals surface area (Å²) in [5.41, 5.74) is 1.23. The molecule has 3 aromatic rings. The maximum Gasteiger partial charge on any atom is 0.313 e. The van der Waals surface area contributed by atoms with Crippen molar-refractivity contribution in [3.63, 3.8) is 0 Å². The maximum absolute atomic E-state index is 11.0. The van der Waals surface area contributed by atoms with Crippen molar-refractivity contribution < 1.29 is 9.66 Å². The predicted octanol–water partition coefficient (Wildman–Crippen LogP) is 3.28. The standard InChI is InChI=1S/C13H9N3O3S/c1-19-11-7-12-9(6-10(11)16(17)18)15-13(20-12)8-4-2-3-5-14-8/h2-7H,1H3. The number of nitro groups is 1. The summed E-state index contributed by atoms with van der Waals surface area (Å²) in [6.45, 7) is 0. The van der Waals surface area contributed by atoms with Crippen LogP contribution in [0.25, 0.3) is 20.9 Å². The van der Waals surface area contributed by atoms with Gasteiger partial charge in [-0.25, -0.2) is 4.98 Å². The van der Waals surface area contributed by atoms with Crippen LogP contribution in [0.3, 0.4) is 0 Å². The van der Waals surface area contributed by atoms with Gasteiger partial charge in [0, 0.05) is 18.3 Å². The van der Waals surface area contributed by atoms with E-state index in [9.17, 15) is 10.1 Å². The van der Waals surface area contributed by atoms with Crippen LogP contribution >= 0.6 is 11.3 Å². The molecule has 0 aliphatic carbocycles. The summed E-state index contributed by atoms with van der Waals surface area (Å²) >= 11 is 1.42. The molecule has 0 aliphatic rings. The van der Waals surface area contributed by atoms with E-state index in [0.29, 0.717) is 5.52 Å². The fraction of sp³-hybridized carbons (Fsp3) is 0.0769. The van der Waals surface area contributed by atoms with Crippen LogP contribution in [0.1, 0.15) is 0 Å². The summed E-state index contributed by atoms with van der Waals surface area (Å²) < 4.78 is 5.88. The fourth-order valence-electron chi connectivity index (χ4n) is 1.85. The van der Waals surface area contributed by atoms with Gasteiger partial charge in [-0.1, -0.05) is 6.07 Å². The van der Waals surface area contributed by atoms with Gasteiger partial charge >= 0.3 is 5.69 Å². The zero-order valence-corrected chi connectivity index (χ0v) is 11.3. The second-order valence-corrected chi connectivity index (χ2v) is 5.01. The van der Waals surface area contributed by atoms with Crippen LogP contribution in [0.2, 0.25) is 0 Å². The molecule has 0 amide bonds. The Morgan fingerprint density at radius 1 is 1.35 bits per heavy atom. The molecule has 0 radical (unpaired) electrons. The number of ether oxygens (including phenoxy) is 1. The average Bonchev–Trinajstić information content (AvgIpc) is 2.89. The van der Waals surface area contributed by atoms with E-state index in [1.807, 2.05) is 18.2 Å². The van der Waals surface area contributed by atoms with Gasteiger partial charge in [-0.3, -0.25) is 15.1 Å². The van der Waals surface area contributed by atoms with Gasteiger partial charge in [-0.15, -0.1) is 11.3 Å². The number of pyridine rings is 1. The second-order valence-electron chi connectivity index (χ2n) is 3.98. The van der Waals surface area contributed by atoms with Gasteiger partial charge in [0.15, 0.2) is 5.75 Å². The maximum atomic E-state index is 11.0. The van der Waals surface area contributed by atoms with Gasteiger partial charge in [-0.05, 0) is 12.1 Å². The molecule has 20 heavy (non-hydrogen) atoms. The van der Waals surface area contributed by atoms with Gasteiger partial charge < -0.3 is 4.74 Å². The molecule has 3 rings (SSSR count). The van der Waals surface area contributed by atoms with E-state index >= 15 is 0 Å². The summed E-state index contributed by atoms with van der Waals surface area (Å²) in [4.78, 5) is 19.1. The molecule has 0 aliphatic heterocycles. The molecular formula is C13H9N3O3S. The number of hydrogen-bond donors (Lipinski definition) is 0. The van der Waals surface area contributed by atoms with E-state index in [4.69, 9.17) is 4.74 Å². The lowest BCUT2D eigenvalue weighted by atomic mass is 10.2. The molecule has 6 nitrogen and oxygen atoms in total. The van der Waals surface area contributed by atoms with Crippen molar-refractivity contribution in [1.29, 1.82) is 0 Å². The Labute approximate surface area is 117 Å². The fourth-order valence-corrected chi connectivity index (χ4v) is 2.80. The number of thiazole rings is 1. The largest absolute Gasteiger partial charge is 0.490 e. The zero-order valence-electron chi connectivity index (χ0n) is 10.4. The highest BCUT2D eigenvalue weighted by Crippen LogP contribution is 2.36. The monoisotopic (exact) mass is 287 g/mol. The first kappa shape index (κ1) is 12.5. The van der Waals surface area contributed by atoms with Crippen LogP contribution in [0.5, 0.6) is 5.75 Å². The van der Waals surface area contributed by atoms with Gasteiger partial charge in [-0.2, -0.15) is 0 Å². The van der Waals surface area contributed by atoms with Crippen molar-refractivity contribution in [2.45, 2.75) is 0 Å². The van der Waals surface area contributed by atoms with Crippen molar-refractivity contribution in [2.24, 2.45) is 0 Å². The van der Waals surface area contributed by atoms with Gasteiger partial charge in [0.2, 0.25) is 0 Å².